The number of hydrogen-bond donors (Lipinski definition) is 1. The number of halogens is 3. The molecule has 1 rings (SSSR count). The molecule has 19 heavy (non-hydrogen) atoms. The first-order valence-corrected chi connectivity index (χ1v) is 6.91. The van der Waals surface area contributed by atoms with Crippen LogP contribution in [0.5, 0.6) is 5.75 Å². The van der Waals surface area contributed by atoms with Gasteiger partial charge >= 0.3 is 6.61 Å². The molecule has 0 saturated heterocycles. The van der Waals surface area contributed by atoms with Crippen LogP contribution in [0.15, 0.2) is 24.3 Å². The monoisotopic (exact) mass is 335 g/mol. The minimum absolute atomic E-state index is 0.0189. The van der Waals surface area contributed by atoms with E-state index in [9.17, 15) is 13.6 Å². The van der Waals surface area contributed by atoms with Crippen LogP contribution in [0.1, 0.15) is 30.1 Å². The zero-order valence-electron chi connectivity index (χ0n) is 10.5. The Balaban J connectivity index is 2.52. The summed E-state index contributed by atoms with van der Waals surface area (Å²) in [5.74, 6) is -0.315. The zero-order chi connectivity index (χ0) is 14.3. The van der Waals surface area contributed by atoms with Crippen LogP contribution < -0.4 is 10.1 Å². The maximum absolute atomic E-state index is 12.1. The molecule has 0 heterocycles. The molecule has 106 valence electrons. The van der Waals surface area contributed by atoms with Gasteiger partial charge in [-0.25, -0.2) is 0 Å². The van der Waals surface area contributed by atoms with Gasteiger partial charge < -0.3 is 10.1 Å². The van der Waals surface area contributed by atoms with Crippen LogP contribution in [0.2, 0.25) is 0 Å². The Kier molecular flexibility index (Phi) is 6.77. The third-order valence-corrected chi connectivity index (χ3v) is 3.61. The number of carbonyl (C=O) groups is 1. The number of alkyl halides is 3. The molecule has 3 nitrogen and oxygen atoms in total. The van der Waals surface area contributed by atoms with Gasteiger partial charge in [0.2, 0.25) is 0 Å². The van der Waals surface area contributed by atoms with Crippen molar-refractivity contribution in [1.82, 2.24) is 5.32 Å². The van der Waals surface area contributed by atoms with Crippen LogP contribution in [0.25, 0.3) is 0 Å². The standard InChI is InChI=1S/C13H16BrF2NO2/c1-2-10(14)6-7-17-12(18)9-4-3-5-11(8-9)19-13(15)16/h3-5,8,10,13H,2,6-7H2,1H3,(H,17,18). The van der Waals surface area contributed by atoms with Gasteiger partial charge in [-0.2, -0.15) is 8.78 Å². The number of rotatable bonds is 7. The van der Waals surface area contributed by atoms with Crippen molar-refractivity contribution in [1.29, 1.82) is 0 Å². The number of amides is 1. The third kappa shape index (κ3) is 6.00. The number of benzene rings is 1. The van der Waals surface area contributed by atoms with Crippen molar-refractivity contribution in [2.75, 3.05) is 6.54 Å². The summed E-state index contributed by atoms with van der Waals surface area (Å²) in [6.45, 7) is -0.313. The van der Waals surface area contributed by atoms with Gasteiger partial charge in [-0.3, -0.25) is 4.79 Å². The second-order valence-corrected chi connectivity index (χ2v) is 5.25. The number of nitrogens with one attached hydrogen (secondary N) is 1. The van der Waals surface area contributed by atoms with E-state index in [2.05, 4.69) is 26.0 Å². The molecule has 0 spiro atoms. The number of hydrogen-bond acceptors (Lipinski definition) is 2. The average molecular weight is 336 g/mol. The van der Waals surface area contributed by atoms with E-state index in [0.29, 0.717) is 16.9 Å². The molecule has 0 aliphatic rings. The molecule has 1 N–H and O–H groups in total. The van der Waals surface area contributed by atoms with Crippen LogP contribution in [0.3, 0.4) is 0 Å². The third-order valence-electron chi connectivity index (χ3n) is 2.51. The minimum atomic E-state index is -2.89. The van der Waals surface area contributed by atoms with Crippen molar-refractivity contribution in [3.8, 4) is 5.75 Å². The fraction of sp³-hybridized carbons (Fsp3) is 0.462. The largest absolute Gasteiger partial charge is 0.435 e. The molecule has 6 heteroatoms. The minimum Gasteiger partial charge on any atom is -0.435 e. The molecule has 0 fully saturated rings. The summed E-state index contributed by atoms with van der Waals surface area (Å²) >= 11 is 3.47. The molecule has 1 amide bonds. The first-order chi connectivity index (χ1) is 9.02. The molecular formula is C13H16BrF2NO2. The van der Waals surface area contributed by atoms with Crippen molar-refractivity contribution < 1.29 is 18.3 Å². The quantitative estimate of drug-likeness (QED) is 0.773. The Morgan fingerprint density at radius 3 is 2.84 bits per heavy atom. The van der Waals surface area contributed by atoms with Gasteiger partial charge in [0.15, 0.2) is 0 Å². The zero-order valence-corrected chi connectivity index (χ0v) is 12.1. The van der Waals surface area contributed by atoms with E-state index in [-0.39, 0.29) is 11.7 Å². The van der Waals surface area contributed by atoms with Crippen molar-refractivity contribution >= 4 is 21.8 Å². The highest BCUT2D eigenvalue weighted by Gasteiger charge is 2.09. The van der Waals surface area contributed by atoms with E-state index in [1.54, 1.807) is 6.07 Å². The highest BCUT2D eigenvalue weighted by molar-refractivity contribution is 9.09. The SMILES string of the molecule is CCC(Br)CCNC(=O)c1cccc(OC(F)F)c1. The van der Waals surface area contributed by atoms with Crippen molar-refractivity contribution in [3.05, 3.63) is 29.8 Å². The average Bonchev–Trinajstić information content (AvgIpc) is 2.37. The van der Waals surface area contributed by atoms with Crippen molar-refractivity contribution in [2.45, 2.75) is 31.2 Å². The van der Waals surface area contributed by atoms with Gasteiger partial charge in [-0.05, 0) is 31.0 Å². The van der Waals surface area contributed by atoms with E-state index in [1.165, 1.54) is 18.2 Å². The normalized spacial score (nSPS) is 12.3. The summed E-state index contributed by atoms with van der Waals surface area (Å²) in [6.07, 6.45) is 1.79. The van der Waals surface area contributed by atoms with Gasteiger partial charge in [0.05, 0.1) is 0 Å². The Morgan fingerprint density at radius 1 is 1.47 bits per heavy atom. The molecule has 0 saturated carbocycles. The smallest absolute Gasteiger partial charge is 0.387 e. The molecule has 1 aromatic carbocycles. The van der Waals surface area contributed by atoms with Gasteiger partial charge in [0, 0.05) is 16.9 Å². The Labute approximate surface area is 119 Å². The Hall–Kier alpha value is -1.17. The van der Waals surface area contributed by atoms with Gasteiger partial charge in [-0.15, -0.1) is 0 Å². The van der Waals surface area contributed by atoms with E-state index in [4.69, 9.17) is 0 Å². The Bertz CT molecular complexity index is 415. The molecule has 0 aromatic heterocycles. The van der Waals surface area contributed by atoms with Crippen LogP contribution in [-0.4, -0.2) is 23.9 Å². The maximum atomic E-state index is 12.1. The highest BCUT2D eigenvalue weighted by Crippen LogP contribution is 2.16. The van der Waals surface area contributed by atoms with Crippen LogP contribution >= 0.6 is 15.9 Å². The fourth-order valence-electron chi connectivity index (χ4n) is 1.46. The first-order valence-electron chi connectivity index (χ1n) is 6.00. The van der Waals surface area contributed by atoms with Gasteiger partial charge in [0.25, 0.3) is 5.91 Å². The molecule has 0 bridgehead atoms. The predicted molar refractivity (Wildman–Crippen MR) is 73.0 cm³/mol. The summed E-state index contributed by atoms with van der Waals surface area (Å²) in [4.78, 5) is 12.1. The molecule has 0 aliphatic carbocycles. The van der Waals surface area contributed by atoms with Crippen LogP contribution in [0, 0.1) is 0 Å². The lowest BCUT2D eigenvalue weighted by Crippen LogP contribution is -2.26. The highest BCUT2D eigenvalue weighted by atomic mass is 79.9. The summed E-state index contributed by atoms with van der Waals surface area (Å²) < 4.78 is 28.4. The number of ether oxygens (including phenoxy) is 1. The Morgan fingerprint density at radius 2 is 2.21 bits per heavy atom. The van der Waals surface area contributed by atoms with Gasteiger partial charge in [-0.1, -0.05) is 28.9 Å². The molecule has 1 unspecified atom stereocenters. The van der Waals surface area contributed by atoms with Gasteiger partial charge in [0.1, 0.15) is 5.75 Å². The molecule has 0 radical (unpaired) electrons. The second kappa shape index (κ2) is 8.09. The van der Waals surface area contributed by atoms with Crippen LogP contribution in [0.4, 0.5) is 8.78 Å². The fourth-order valence-corrected chi connectivity index (χ4v) is 1.69. The molecule has 1 aromatic rings. The van der Waals surface area contributed by atoms with E-state index >= 15 is 0 Å². The van der Waals surface area contributed by atoms with E-state index < -0.39 is 6.61 Å². The molecule has 1 atom stereocenters. The lowest BCUT2D eigenvalue weighted by Gasteiger charge is -2.09. The lowest BCUT2D eigenvalue weighted by atomic mass is 10.2. The summed E-state index contributed by atoms with van der Waals surface area (Å²) in [7, 11) is 0. The molecular weight excluding hydrogens is 320 g/mol. The topological polar surface area (TPSA) is 38.3 Å². The van der Waals surface area contributed by atoms with E-state index in [0.717, 1.165) is 12.8 Å². The summed E-state index contributed by atoms with van der Waals surface area (Å²) in [5.41, 5.74) is 0.306. The summed E-state index contributed by atoms with van der Waals surface area (Å²) in [6, 6.07) is 5.74. The van der Waals surface area contributed by atoms with E-state index in [1.807, 2.05) is 6.92 Å². The lowest BCUT2D eigenvalue weighted by molar-refractivity contribution is -0.0498. The second-order valence-electron chi connectivity index (χ2n) is 3.96. The van der Waals surface area contributed by atoms with Crippen LogP contribution in [-0.2, 0) is 0 Å². The van der Waals surface area contributed by atoms with Crippen molar-refractivity contribution in [2.24, 2.45) is 0 Å². The summed E-state index contributed by atoms with van der Waals surface area (Å²) in [5, 5.41) is 2.73. The first kappa shape index (κ1) is 15.9. The van der Waals surface area contributed by atoms with Crippen molar-refractivity contribution in [3.63, 3.8) is 0 Å². The molecule has 0 aliphatic heterocycles. The maximum Gasteiger partial charge on any atom is 0.387 e. The number of carbonyl (C=O) groups excluding carboxylic acids is 1. The predicted octanol–water partition coefficient (Wildman–Crippen LogP) is 3.58.